The normalized spacial score (nSPS) is 54.3. The molecule has 0 aromatic heterocycles. The zero-order valence-electron chi connectivity index (χ0n) is 14.3. The first-order chi connectivity index (χ1) is 10.9. The maximum Gasteiger partial charge on any atom is 0.481 e. The molecule has 2 saturated heterocycles. The number of hydrogen-bond donors (Lipinski definition) is 1. The highest BCUT2D eigenvalue weighted by Gasteiger charge is 2.82. The van der Waals surface area contributed by atoms with Crippen molar-refractivity contribution in [1.29, 1.82) is 0 Å². The SMILES string of the molecule is C[C@@H](N)C(=O)N1CCC[C@H]1B1OC2C[C@@H]3C[C@H]4C3(C)C2[C@@]4(C)O1. The number of rotatable bonds is 2. The number of likely N-dealkylation sites (tertiary alicyclic amines) is 1. The molecule has 8 atom stereocenters. The van der Waals surface area contributed by atoms with Crippen LogP contribution >= 0.6 is 0 Å². The Morgan fingerprint density at radius 3 is 2.91 bits per heavy atom. The minimum Gasteiger partial charge on any atom is -0.407 e. The van der Waals surface area contributed by atoms with Gasteiger partial charge in [-0.3, -0.25) is 4.79 Å². The summed E-state index contributed by atoms with van der Waals surface area (Å²) in [6, 6.07) is -0.450. The van der Waals surface area contributed by atoms with Gasteiger partial charge in [-0.25, -0.2) is 0 Å². The molecule has 5 fully saturated rings. The molecule has 126 valence electrons. The lowest BCUT2D eigenvalue weighted by molar-refractivity contribution is -0.312. The molecule has 5 aliphatic rings. The predicted molar refractivity (Wildman–Crippen MR) is 86.3 cm³/mol. The fraction of sp³-hybridized carbons (Fsp3) is 0.941. The van der Waals surface area contributed by atoms with Crippen LogP contribution in [-0.2, 0) is 14.1 Å². The van der Waals surface area contributed by atoms with Crippen LogP contribution in [0.1, 0.15) is 46.5 Å². The van der Waals surface area contributed by atoms with Gasteiger partial charge in [-0.15, -0.1) is 0 Å². The number of fused-ring (bicyclic) bond motifs is 1. The van der Waals surface area contributed by atoms with E-state index in [1.807, 2.05) is 4.90 Å². The second-order valence-electron chi connectivity index (χ2n) is 8.94. The van der Waals surface area contributed by atoms with Gasteiger partial charge in [0.2, 0.25) is 5.91 Å². The zero-order chi connectivity index (χ0) is 16.1. The minimum atomic E-state index is -0.450. The Morgan fingerprint density at radius 1 is 1.39 bits per heavy atom. The molecule has 0 aromatic carbocycles. The van der Waals surface area contributed by atoms with Crippen molar-refractivity contribution >= 4 is 13.0 Å². The first-order valence-corrected chi connectivity index (χ1v) is 9.26. The lowest BCUT2D eigenvalue weighted by Crippen LogP contribution is -2.78. The van der Waals surface area contributed by atoms with E-state index in [0.29, 0.717) is 23.4 Å². The molecule has 2 N–H and O–H groups in total. The van der Waals surface area contributed by atoms with E-state index in [0.717, 1.165) is 25.3 Å². The summed E-state index contributed by atoms with van der Waals surface area (Å²) in [5, 5.41) is 0. The molecule has 2 aliphatic heterocycles. The molecule has 5 nitrogen and oxygen atoms in total. The van der Waals surface area contributed by atoms with E-state index in [4.69, 9.17) is 15.0 Å². The van der Waals surface area contributed by atoms with Crippen LogP contribution < -0.4 is 5.73 Å². The molecule has 0 radical (unpaired) electrons. The first kappa shape index (κ1) is 14.7. The van der Waals surface area contributed by atoms with E-state index in [-0.39, 0.29) is 24.6 Å². The van der Waals surface area contributed by atoms with Crippen molar-refractivity contribution in [3.05, 3.63) is 0 Å². The van der Waals surface area contributed by atoms with Crippen molar-refractivity contribution in [3.63, 3.8) is 0 Å². The highest BCUT2D eigenvalue weighted by atomic mass is 16.6. The molecule has 3 unspecified atom stereocenters. The average molecular weight is 318 g/mol. The number of carbonyl (C=O) groups is 1. The Bertz CT molecular complexity index is 572. The van der Waals surface area contributed by atoms with E-state index in [9.17, 15) is 4.79 Å². The van der Waals surface area contributed by atoms with Crippen LogP contribution in [0.4, 0.5) is 0 Å². The zero-order valence-corrected chi connectivity index (χ0v) is 14.3. The van der Waals surface area contributed by atoms with Crippen LogP contribution in [0, 0.1) is 23.2 Å². The maximum atomic E-state index is 12.4. The molecule has 5 rings (SSSR count). The van der Waals surface area contributed by atoms with E-state index in [1.54, 1.807) is 6.92 Å². The maximum absolute atomic E-state index is 12.4. The van der Waals surface area contributed by atoms with Crippen molar-refractivity contribution in [2.75, 3.05) is 6.54 Å². The molecule has 3 aliphatic carbocycles. The van der Waals surface area contributed by atoms with Gasteiger partial charge in [0.05, 0.1) is 17.6 Å². The number of carbonyl (C=O) groups excluding carboxylic acids is 1. The van der Waals surface area contributed by atoms with Gasteiger partial charge in [-0.2, -0.15) is 0 Å². The molecular formula is C17H27BN2O3. The topological polar surface area (TPSA) is 64.8 Å². The highest BCUT2D eigenvalue weighted by Crippen LogP contribution is 2.80. The Morgan fingerprint density at radius 2 is 2.17 bits per heavy atom. The van der Waals surface area contributed by atoms with Gasteiger partial charge in [0, 0.05) is 18.6 Å². The third-order valence-electron chi connectivity index (χ3n) is 7.98. The van der Waals surface area contributed by atoms with Crippen LogP contribution in [0.3, 0.4) is 0 Å². The summed E-state index contributed by atoms with van der Waals surface area (Å²) in [5.41, 5.74) is 6.25. The number of amides is 1. The van der Waals surface area contributed by atoms with Crippen LogP contribution in [0.15, 0.2) is 0 Å². The molecule has 0 spiro atoms. The van der Waals surface area contributed by atoms with Gasteiger partial charge in [-0.05, 0) is 56.8 Å². The average Bonchev–Trinajstić information content (AvgIpc) is 3.01. The third kappa shape index (κ3) is 1.54. The largest absolute Gasteiger partial charge is 0.481 e. The van der Waals surface area contributed by atoms with E-state index in [2.05, 4.69) is 13.8 Å². The lowest BCUT2D eigenvalue weighted by Gasteiger charge is -2.74. The van der Waals surface area contributed by atoms with Gasteiger partial charge in [0.15, 0.2) is 0 Å². The van der Waals surface area contributed by atoms with Gasteiger partial charge < -0.3 is 19.9 Å². The van der Waals surface area contributed by atoms with Gasteiger partial charge in [-0.1, -0.05) is 6.92 Å². The molecule has 0 aromatic rings. The molecule has 2 heterocycles. The van der Waals surface area contributed by atoms with E-state index >= 15 is 0 Å². The molecular weight excluding hydrogens is 291 g/mol. The third-order valence-corrected chi connectivity index (χ3v) is 7.98. The Labute approximate surface area is 138 Å². The Balaban J connectivity index is 1.40. The Hall–Kier alpha value is -0.585. The first-order valence-electron chi connectivity index (χ1n) is 9.26. The fourth-order valence-corrected chi connectivity index (χ4v) is 7.03. The predicted octanol–water partition coefficient (Wildman–Crippen LogP) is 1.20. The summed E-state index contributed by atoms with van der Waals surface area (Å²) < 4.78 is 13.0. The number of nitrogens with two attached hydrogens (primary N) is 1. The smallest absolute Gasteiger partial charge is 0.407 e. The van der Waals surface area contributed by atoms with Crippen molar-refractivity contribution < 1.29 is 14.1 Å². The quantitative estimate of drug-likeness (QED) is 0.777. The molecule has 1 amide bonds. The van der Waals surface area contributed by atoms with Gasteiger partial charge >= 0.3 is 7.12 Å². The summed E-state index contributed by atoms with van der Waals surface area (Å²) >= 11 is 0. The summed E-state index contributed by atoms with van der Waals surface area (Å²) in [7, 11) is -0.268. The second-order valence-corrected chi connectivity index (χ2v) is 8.94. The summed E-state index contributed by atoms with van der Waals surface area (Å²) in [6.45, 7) is 7.28. The monoisotopic (exact) mass is 318 g/mol. The summed E-state index contributed by atoms with van der Waals surface area (Å²) in [6.07, 6.45) is 4.77. The molecule has 23 heavy (non-hydrogen) atoms. The van der Waals surface area contributed by atoms with Crippen molar-refractivity contribution in [1.82, 2.24) is 4.90 Å². The number of hydrogen-bond acceptors (Lipinski definition) is 4. The van der Waals surface area contributed by atoms with Crippen molar-refractivity contribution in [2.24, 2.45) is 28.9 Å². The fourth-order valence-electron chi connectivity index (χ4n) is 7.03. The lowest BCUT2D eigenvalue weighted by atomic mass is 9.34. The van der Waals surface area contributed by atoms with E-state index in [1.165, 1.54) is 12.8 Å². The summed E-state index contributed by atoms with van der Waals surface area (Å²) in [5.74, 6) is 2.12. The van der Waals surface area contributed by atoms with Crippen LogP contribution in [-0.4, -0.2) is 48.2 Å². The molecule has 3 saturated carbocycles. The molecule has 6 heteroatoms. The standard InChI is InChI=1S/C17H27BN2O3/c1-9(19)15(21)20-6-4-5-13(20)18-22-11-7-10-8-12-16(10,2)14(11)17(12,3)23-18/h9-14H,4-8,19H2,1-3H3/t9-,10-,11?,12+,13+,14?,16?,17+/m1/s1. The van der Waals surface area contributed by atoms with Crippen molar-refractivity contribution in [2.45, 2.75) is 70.1 Å². The van der Waals surface area contributed by atoms with E-state index < -0.39 is 6.04 Å². The highest BCUT2D eigenvalue weighted by molar-refractivity contribution is 6.47. The van der Waals surface area contributed by atoms with Crippen LogP contribution in [0.2, 0.25) is 0 Å². The minimum absolute atomic E-state index is 0.0288. The van der Waals surface area contributed by atoms with Crippen LogP contribution in [0.25, 0.3) is 0 Å². The van der Waals surface area contributed by atoms with Crippen LogP contribution in [0.5, 0.6) is 0 Å². The second kappa shape index (κ2) is 4.33. The summed E-state index contributed by atoms with van der Waals surface area (Å²) in [4.78, 5) is 14.3. The molecule has 0 bridgehead atoms. The van der Waals surface area contributed by atoms with Gasteiger partial charge in [0.25, 0.3) is 0 Å². The number of nitrogens with zero attached hydrogens (tertiary/aromatic N) is 1. The Kier molecular flexibility index (Phi) is 2.77. The van der Waals surface area contributed by atoms with Gasteiger partial charge in [0.1, 0.15) is 0 Å². The van der Waals surface area contributed by atoms with Crippen molar-refractivity contribution in [3.8, 4) is 0 Å².